The number of rotatable bonds is 11. The minimum Gasteiger partial charge on any atom is -0.481 e. The molecule has 2 unspecified atom stereocenters. The molecule has 4 rings (SSSR count). The summed E-state index contributed by atoms with van der Waals surface area (Å²) in [5.41, 5.74) is 3.23. The Morgan fingerprint density at radius 3 is 2.58 bits per heavy atom. The van der Waals surface area contributed by atoms with Crippen LogP contribution < -0.4 is 10.6 Å². The van der Waals surface area contributed by atoms with Crippen LogP contribution in [0, 0.1) is 0 Å². The molecule has 1 aromatic heterocycles. The van der Waals surface area contributed by atoms with Gasteiger partial charge in [0.15, 0.2) is 0 Å². The zero-order chi connectivity index (χ0) is 28.6. The maximum atomic E-state index is 13.3. The molecule has 3 aromatic rings. The van der Waals surface area contributed by atoms with Gasteiger partial charge in [-0.2, -0.15) is 0 Å². The van der Waals surface area contributed by atoms with Crippen LogP contribution in [-0.4, -0.2) is 40.7 Å². The fraction of sp³-hybridized carbons (Fsp3) is 0.333. The van der Waals surface area contributed by atoms with Gasteiger partial charge in [-0.1, -0.05) is 36.4 Å². The number of carboxylic acid groups (broad SMARTS) is 1. The number of carboxylic acids is 1. The van der Waals surface area contributed by atoms with Gasteiger partial charge in [-0.25, -0.2) is 4.79 Å². The second kappa shape index (κ2) is 13.6. The molecule has 0 bridgehead atoms. The topological polar surface area (TPSA) is 122 Å². The molecule has 2 atom stereocenters. The van der Waals surface area contributed by atoms with Crippen molar-refractivity contribution in [2.24, 2.45) is 0 Å². The Kier molecular flexibility index (Phi) is 10.0. The van der Waals surface area contributed by atoms with Gasteiger partial charge in [0, 0.05) is 21.9 Å². The second-order valence-corrected chi connectivity index (χ2v) is 12.0. The Bertz CT molecular complexity index is 1390. The third-order valence-corrected chi connectivity index (χ3v) is 8.88. The summed E-state index contributed by atoms with van der Waals surface area (Å²) in [6.07, 6.45) is 2.10. The summed E-state index contributed by atoms with van der Waals surface area (Å²) in [7, 11) is 0. The number of amides is 2. The molecule has 0 aliphatic heterocycles. The van der Waals surface area contributed by atoms with Gasteiger partial charge in [-0.05, 0) is 68.4 Å². The molecule has 210 valence electrons. The largest absolute Gasteiger partial charge is 0.481 e. The van der Waals surface area contributed by atoms with Crippen LogP contribution in [0.5, 0.6) is 0 Å². The minimum absolute atomic E-state index is 0.120. The third-order valence-electron chi connectivity index (χ3n) is 6.62. The molecule has 1 heterocycles. The molecule has 0 radical (unpaired) electrons. The first-order valence-corrected chi connectivity index (χ1v) is 14.9. The molecule has 1 aliphatic carbocycles. The van der Waals surface area contributed by atoms with Crippen molar-refractivity contribution in [2.45, 2.75) is 62.0 Å². The molecule has 0 spiro atoms. The van der Waals surface area contributed by atoms with Crippen LogP contribution in [-0.2, 0) is 32.0 Å². The molecule has 1 aliphatic rings. The lowest BCUT2D eigenvalue weighted by atomic mass is 9.83. The van der Waals surface area contributed by atoms with E-state index in [1.807, 2.05) is 24.3 Å². The Morgan fingerprint density at radius 2 is 1.85 bits per heavy atom. The normalized spacial score (nSPS) is 15.0. The Labute approximate surface area is 241 Å². The van der Waals surface area contributed by atoms with Crippen LogP contribution >= 0.6 is 23.1 Å². The molecule has 8 nitrogen and oxygen atoms in total. The van der Waals surface area contributed by atoms with Gasteiger partial charge in [0.05, 0.1) is 23.8 Å². The molecule has 2 amide bonds. The molecule has 40 heavy (non-hydrogen) atoms. The molecule has 0 fully saturated rings. The number of esters is 1. The molecule has 0 saturated carbocycles. The highest BCUT2D eigenvalue weighted by Crippen LogP contribution is 2.43. The highest BCUT2D eigenvalue weighted by molar-refractivity contribution is 8.00. The molecule has 10 heteroatoms. The summed E-state index contributed by atoms with van der Waals surface area (Å²) in [4.78, 5) is 50.8. The molecular weight excluding hydrogens is 548 g/mol. The predicted octanol–water partition coefficient (Wildman–Crippen LogP) is 6.12. The first-order chi connectivity index (χ1) is 19.2. The van der Waals surface area contributed by atoms with Crippen molar-refractivity contribution in [1.29, 1.82) is 0 Å². The Hall–Kier alpha value is -3.63. The number of nitrogens with one attached hydrogen (secondary N) is 2. The lowest BCUT2D eigenvalue weighted by Gasteiger charge is -2.23. The first-order valence-electron chi connectivity index (χ1n) is 13.2. The fourth-order valence-corrected chi connectivity index (χ4v) is 6.91. The van der Waals surface area contributed by atoms with Crippen molar-refractivity contribution in [2.75, 3.05) is 17.2 Å². The van der Waals surface area contributed by atoms with Crippen molar-refractivity contribution in [1.82, 2.24) is 0 Å². The fourth-order valence-electron chi connectivity index (χ4n) is 4.67. The van der Waals surface area contributed by atoms with E-state index >= 15 is 0 Å². The average Bonchev–Trinajstić information content (AvgIpc) is 3.29. The van der Waals surface area contributed by atoms with Gasteiger partial charge in [0.2, 0.25) is 11.8 Å². The van der Waals surface area contributed by atoms with E-state index < -0.39 is 23.1 Å². The van der Waals surface area contributed by atoms with E-state index in [1.165, 1.54) is 28.7 Å². The first kappa shape index (κ1) is 29.4. The maximum absolute atomic E-state index is 13.3. The van der Waals surface area contributed by atoms with E-state index in [0.29, 0.717) is 22.2 Å². The summed E-state index contributed by atoms with van der Waals surface area (Å²) in [6.45, 7) is 3.79. The highest BCUT2D eigenvalue weighted by atomic mass is 32.2. The van der Waals surface area contributed by atoms with Gasteiger partial charge in [0.1, 0.15) is 5.00 Å². The number of thiophene rings is 1. The summed E-state index contributed by atoms with van der Waals surface area (Å²) in [5, 5.41) is 14.5. The number of fused-ring (bicyclic) bond motifs is 1. The molecule has 2 aromatic carbocycles. The number of hydrogen-bond acceptors (Lipinski definition) is 7. The minimum atomic E-state index is -1.03. The third kappa shape index (κ3) is 7.51. The molecular formula is C30H32N2O6S2. The zero-order valence-corrected chi connectivity index (χ0v) is 24.0. The Balaban J connectivity index is 1.46. The number of carbonyl (C=O) groups excluding carboxylic acids is 3. The second-order valence-electron chi connectivity index (χ2n) is 9.50. The lowest BCUT2D eigenvalue weighted by molar-refractivity contribution is -0.138. The van der Waals surface area contributed by atoms with E-state index in [9.17, 15) is 19.2 Å². The smallest absolute Gasteiger partial charge is 0.341 e. The summed E-state index contributed by atoms with van der Waals surface area (Å²) in [6, 6.07) is 17.4. The van der Waals surface area contributed by atoms with Crippen LogP contribution in [0.25, 0.3) is 0 Å². The monoisotopic (exact) mass is 580 g/mol. The molecule has 3 N–H and O–H groups in total. The van der Waals surface area contributed by atoms with Crippen molar-refractivity contribution < 1.29 is 29.0 Å². The zero-order valence-electron chi connectivity index (χ0n) is 22.4. The van der Waals surface area contributed by atoms with Gasteiger partial charge in [-0.3, -0.25) is 14.4 Å². The number of ether oxygens (including phenoxy) is 1. The van der Waals surface area contributed by atoms with Crippen LogP contribution in [0.3, 0.4) is 0 Å². The standard InChI is InChI=1S/C30H32N2O6S2/c1-3-38-30(37)27-23-13-12-20(19-8-5-4-6-9-19)16-24(23)40-29(27)32-28(36)18(2)39-22-11-7-10-21(17-22)31-25(33)14-15-26(34)35/h4-11,17-18,20H,3,12-16H2,1-2H3,(H,31,33)(H,32,36)(H,34,35). The summed E-state index contributed by atoms with van der Waals surface area (Å²) in [5.74, 6) is -1.73. The van der Waals surface area contributed by atoms with Crippen molar-refractivity contribution in [3.63, 3.8) is 0 Å². The van der Waals surface area contributed by atoms with E-state index in [0.717, 1.165) is 34.6 Å². The Morgan fingerprint density at radius 1 is 1.07 bits per heavy atom. The lowest BCUT2D eigenvalue weighted by Crippen LogP contribution is -2.23. The van der Waals surface area contributed by atoms with E-state index in [4.69, 9.17) is 9.84 Å². The predicted molar refractivity (Wildman–Crippen MR) is 157 cm³/mol. The maximum Gasteiger partial charge on any atom is 0.341 e. The summed E-state index contributed by atoms with van der Waals surface area (Å²) >= 11 is 2.77. The van der Waals surface area contributed by atoms with Crippen LogP contribution in [0.4, 0.5) is 10.7 Å². The highest BCUT2D eigenvalue weighted by Gasteiger charge is 2.31. The molecule has 0 saturated heterocycles. The number of hydrogen-bond donors (Lipinski definition) is 3. The summed E-state index contributed by atoms with van der Waals surface area (Å²) < 4.78 is 5.36. The van der Waals surface area contributed by atoms with Crippen molar-refractivity contribution in [3.05, 3.63) is 76.2 Å². The van der Waals surface area contributed by atoms with Crippen LogP contribution in [0.2, 0.25) is 0 Å². The number of thioether (sulfide) groups is 1. The van der Waals surface area contributed by atoms with Crippen molar-refractivity contribution in [3.8, 4) is 0 Å². The number of carbonyl (C=O) groups is 4. The van der Waals surface area contributed by atoms with Crippen LogP contribution in [0.1, 0.15) is 65.4 Å². The van der Waals surface area contributed by atoms with Crippen molar-refractivity contribution >= 4 is 57.5 Å². The van der Waals surface area contributed by atoms with E-state index in [-0.39, 0.29) is 25.4 Å². The average molecular weight is 581 g/mol. The number of anilines is 2. The van der Waals surface area contributed by atoms with E-state index in [2.05, 4.69) is 22.8 Å². The van der Waals surface area contributed by atoms with Gasteiger partial charge in [-0.15, -0.1) is 23.1 Å². The van der Waals surface area contributed by atoms with Crippen LogP contribution in [0.15, 0.2) is 59.5 Å². The number of benzene rings is 2. The van der Waals surface area contributed by atoms with Gasteiger partial charge < -0.3 is 20.5 Å². The van der Waals surface area contributed by atoms with Gasteiger partial charge >= 0.3 is 11.9 Å². The SMILES string of the molecule is CCOC(=O)c1c(NC(=O)C(C)Sc2cccc(NC(=O)CCC(=O)O)c2)sc2c1CCC(c1ccccc1)C2. The van der Waals surface area contributed by atoms with E-state index in [1.54, 1.807) is 32.0 Å². The quantitative estimate of drug-likeness (QED) is 0.185. The van der Waals surface area contributed by atoms with Gasteiger partial charge in [0.25, 0.3) is 0 Å². The number of aliphatic carboxylic acids is 1.